The number of fused-ring (bicyclic) bond motifs is 4. The summed E-state index contributed by atoms with van der Waals surface area (Å²) in [6.07, 6.45) is 3.94. The molecule has 0 saturated heterocycles. The summed E-state index contributed by atoms with van der Waals surface area (Å²) >= 11 is 0. The maximum Gasteiger partial charge on any atom is 0.257 e. The number of carbonyl (C=O) groups is 1. The van der Waals surface area contributed by atoms with Crippen molar-refractivity contribution in [2.24, 2.45) is 0 Å². The number of carbonyl (C=O) groups excluding carboxylic acids is 1. The molecule has 3 aromatic carbocycles. The standard InChI is InChI=1S/C32H31F4N3O/c1-38(2)31(19-20-8-4-3-5-9-20)13-15-32(16-14-31)29-22(21-10-6-7-11-25(21)37-29)12-17-39(32)30(40)23-18-24(33)27(35)28(36)26(23)34/h3-11,18,37H,12-17,19H2,1-2H3. The first-order valence-corrected chi connectivity index (χ1v) is 13.6. The van der Waals surface area contributed by atoms with Crippen molar-refractivity contribution in [1.82, 2.24) is 14.8 Å². The van der Waals surface area contributed by atoms with Crippen LogP contribution in [0.2, 0.25) is 0 Å². The van der Waals surface area contributed by atoms with Crippen LogP contribution in [0.4, 0.5) is 17.6 Å². The molecule has 40 heavy (non-hydrogen) atoms. The number of H-pyrrole nitrogens is 1. The number of para-hydroxylation sites is 1. The molecular formula is C32H31F4N3O. The van der Waals surface area contributed by atoms with Crippen molar-refractivity contribution in [3.8, 4) is 0 Å². The Labute approximate surface area is 230 Å². The van der Waals surface area contributed by atoms with Crippen LogP contribution in [-0.4, -0.2) is 46.9 Å². The zero-order valence-corrected chi connectivity index (χ0v) is 22.5. The van der Waals surface area contributed by atoms with Crippen molar-refractivity contribution in [2.45, 2.75) is 49.6 Å². The molecule has 1 aliphatic carbocycles. The number of nitrogens with zero attached hydrogens (tertiary/aromatic N) is 2. The van der Waals surface area contributed by atoms with E-state index >= 15 is 0 Å². The second-order valence-corrected chi connectivity index (χ2v) is 11.4. The summed E-state index contributed by atoms with van der Waals surface area (Å²) in [7, 11) is 4.14. The van der Waals surface area contributed by atoms with Gasteiger partial charge in [0.2, 0.25) is 0 Å². The van der Waals surface area contributed by atoms with E-state index in [1.165, 1.54) is 5.56 Å². The second-order valence-electron chi connectivity index (χ2n) is 11.4. The molecule has 2 aliphatic rings. The number of rotatable bonds is 4. The highest BCUT2D eigenvalue weighted by atomic mass is 19.2. The van der Waals surface area contributed by atoms with Crippen molar-refractivity contribution >= 4 is 16.8 Å². The summed E-state index contributed by atoms with van der Waals surface area (Å²) in [5.74, 6) is -7.98. The number of hydrogen-bond donors (Lipinski definition) is 1. The Balaban J connectivity index is 1.45. The molecule has 1 N–H and O–H groups in total. The molecule has 1 spiro atoms. The van der Waals surface area contributed by atoms with E-state index in [-0.39, 0.29) is 12.1 Å². The van der Waals surface area contributed by atoms with Crippen LogP contribution in [0.1, 0.15) is 52.9 Å². The Hall–Kier alpha value is -3.65. The molecular weight excluding hydrogens is 518 g/mol. The van der Waals surface area contributed by atoms with Crippen LogP contribution in [0, 0.1) is 23.3 Å². The topological polar surface area (TPSA) is 39.3 Å². The van der Waals surface area contributed by atoms with Crippen molar-refractivity contribution < 1.29 is 22.4 Å². The van der Waals surface area contributed by atoms with Crippen LogP contribution in [0.3, 0.4) is 0 Å². The average Bonchev–Trinajstić information content (AvgIpc) is 3.35. The van der Waals surface area contributed by atoms with E-state index in [4.69, 9.17) is 0 Å². The van der Waals surface area contributed by atoms with E-state index in [1.54, 1.807) is 4.90 Å². The zero-order chi connectivity index (χ0) is 28.2. The van der Waals surface area contributed by atoms with Crippen LogP contribution in [-0.2, 0) is 18.4 Å². The molecule has 1 aliphatic heterocycles. The average molecular weight is 550 g/mol. The highest BCUT2D eigenvalue weighted by Gasteiger charge is 2.53. The number of nitrogens with one attached hydrogen (secondary N) is 1. The third kappa shape index (κ3) is 4.03. The molecule has 0 bridgehead atoms. The van der Waals surface area contributed by atoms with E-state index in [0.29, 0.717) is 25.3 Å². The highest BCUT2D eigenvalue weighted by molar-refractivity contribution is 5.96. The molecule has 0 radical (unpaired) electrons. The van der Waals surface area contributed by atoms with Gasteiger partial charge < -0.3 is 14.8 Å². The lowest BCUT2D eigenvalue weighted by Crippen LogP contribution is -2.60. The molecule has 208 valence electrons. The molecule has 0 unspecified atom stereocenters. The lowest BCUT2D eigenvalue weighted by Gasteiger charge is -2.55. The largest absolute Gasteiger partial charge is 0.356 e. The summed E-state index contributed by atoms with van der Waals surface area (Å²) < 4.78 is 57.1. The van der Waals surface area contributed by atoms with Gasteiger partial charge in [0.25, 0.3) is 5.91 Å². The zero-order valence-electron chi connectivity index (χ0n) is 22.5. The summed E-state index contributed by atoms with van der Waals surface area (Å²) in [4.78, 5) is 21.3. The minimum atomic E-state index is -1.97. The summed E-state index contributed by atoms with van der Waals surface area (Å²) in [5.41, 5.74) is 2.36. The maximum atomic E-state index is 14.9. The first-order valence-electron chi connectivity index (χ1n) is 13.6. The molecule has 1 fully saturated rings. The molecule has 2 heterocycles. The van der Waals surface area contributed by atoms with Gasteiger partial charge in [-0.1, -0.05) is 48.5 Å². The van der Waals surface area contributed by atoms with Gasteiger partial charge in [-0.3, -0.25) is 4.79 Å². The Bertz CT molecular complexity index is 1590. The fourth-order valence-electron chi connectivity index (χ4n) is 7.01. The molecule has 8 heteroatoms. The lowest BCUT2D eigenvalue weighted by atomic mass is 9.65. The van der Waals surface area contributed by atoms with Gasteiger partial charge in [-0.05, 0) is 75.9 Å². The van der Waals surface area contributed by atoms with E-state index in [1.807, 2.05) is 42.5 Å². The monoisotopic (exact) mass is 549 g/mol. The van der Waals surface area contributed by atoms with E-state index in [2.05, 4.69) is 36.1 Å². The van der Waals surface area contributed by atoms with E-state index in [9.17, 15) is 22.4 Å². The highest BCUT2D eigenvalue weighted by Crippen LogP contribution is 2.52. The number of likely N-dealkylation sites (N-methyl/N-ethyl adjacent to an activating group) is 1. The second kappa shape index (κ2) is 9.77. The first-order chi connectivity index (χ1) is 19.2. The minimum Gasteiger partial charge on any atom is -0.356 e. The van der Waals surface area contributed by atoms with E-state index < -0.39 is 40.3 Å². The fraction of sp³-hybridized carbons (Fsp3) is 0.344. The van der Waals surface area contributed by atoms with Crippen molar-refractivity contribution in [2.75, 3.05) is 20.6 Å². The third-order valence-electron chi connectivity index (χ3n) is 9.29. The van der Waals surface area contributed by atoms with Crippen molar-refractivity contribution in [1.29, 1.82) is 0 Å². The number of aromatic amines is 1. The normalized spacial score (nSPS) is 22.7. The minimum absolute atomic E-state index is 0.176. The number of halogens is 4. The number of hydrogen-bond acceptors (Lipinski definition) is 2. The first kappa shape index (κ1) is 26.6. The molecule has 0 atom stereocenters. The fourth-order valence-corrected chi connectivity index (χ4v) is 7.01. The van der Waals surface area contributed by atoms with Gasteiger partial charge in [-0.15, -0.1) is 0 Å². The third-order valence-corrected chi connectivity index (χ3v) is 9.29. The van der Waals surface area contributed by atoms with Crippen LogP contribution >= 0.6 is 0 Å². The number of aromatic nitrogens is 1. The molecule has 1 aromatic heterocycles. The van der Waals surface area contributed by atoms with Gasteiger partial charge >= 0.3 is 0 Å². The Morgan fingerprint density at radius 2 is 1.57 bits per heavy atom. The van der Waals surface area contributed by atoms with Crippen molar-refractivity contribution in [3.63, 3.8) is 0 Å². The summed E-state index contributed by atoms with van der Waals surface area (Å²) in [6.45, 7) is 0.251. The van der Waals surface area contributed by atoms with Crippen LogP contribution < -0.4 is 0 Å². The Morgan fingerprint density at radius 3 is 2.27 bits per heavy atom. The predicted molar refractivity (Wildman–Crippen MR) is 146 cm³/mol. The molecule has 1 saturated carbocycles. The van der Waals surface area contributed by atoms with Crippen molar-refractivity contribution in [3.05, 3.63) is 106 Å². The molecule has 1 amide bonds. The maximum absolute atomic E-state index is 14.9. The van der Waals surface area contributed by atoms with Gasteiger partial charge in [0.15, 0.2) is 23.3 Å². The lowest BCUT2D eigenvalue weighted by molar-refractivity contribution is -0.0126. The Kier molecular flexibility index (Phi) is 6.49. The quantitative estimate of drug-likeness (QED) is 0.174. The van der Waals surface area contributed by atoms with Gasteiger partial charge in [-0.25, -0.2) is 17.6 Å². The molecule has 4 nitrogen and oxygen atoms in total. The SMILES string of the molecule is CN(C)C1(Cc2ccccc2)CCC2(CC1)c1[nH]c3ccccc3c1CCN2C(=O)c1cc(F)c(F)c(F)c1F. The summed E-state index contributed by atoms with van der Waals surface area (Å²) in [5, 5.41) is 1.07. The van der Waals surface area contributed by atoms with Gasteiger partial charge in [0.1, 0.15) is 0 Å². The van der Waals surface area contributed by atoms with Crippen LogP contribution in [0.15, 0.2) is 60.7 Å². The predicted octanol–water partition coefficient (Wildman–Crippen LogP) is 6.74. The van der Waals surface area contributed by atoms with Crippen LogP contribution in [0.25, 0.3) is 10.9 Å². The molecule has 4 aromatic rings. The smallest absolute Gasteiger partial charge is 0.257 e. The van der Waals surface area contributed by atoms with Crippen LogP contribution in [0.5, 0.6) is 0 Å². The molecule has 6 rings (SSSR count). The number of benzene rings is 3. The number of amides is 1. The van der Waals surface area contributed by atoms with E-state index in [0.717, 1.165) is 41.4 Å². The van der Waals surface area contributed by atoms with Gasteiger partial charge in [0.05, 0.1) is 11.1 Å². The van der Waals surface area contributed by atoms with Gasteiger partial charge in [-0.2, -0.15) is 0 Å². The summed E-state index contributed by atoms with van der Waals surface area (Å²) in [6, 6.07) is 18.7. The van der Waals surface area contributed by atoms with Gasteiger partial charge in [0, 0.05) is 28.7 Å². The Morgan fingerprint density at radius 1 is 0.900 bits per heavy atom.